The van der Waals surface area contributed by atoms with Crippen molar-refractivity contribution in [2.75, 3.05) is 25.0 Å². The Labute approximate surface area is 220 Å². The standard InChI is InChI=1S/C25H28Cl2N4O4S/c26-17-6-8-20-22(10-13-29-23(20)14-17)28-11-3-12-30-25(32)16-35-24-9-7-19(15-21(24)27)36(33,34)31-18-4-1-2-5-18/h6-10,13-15,18,31H,1-5,11-12,16H2,(H,28,29)(H,30,32). The highest BCUT2D eigenvalue weighted by molar-refractivity contribution is 7.89. The molecule has 1 fully saturated rings. The number of amides is 1. The summed E-state index contributed by atoms with van der Waals surface area (Å²) in [4.78, 5) is 16.6. The summed E-state index contributed by atoms with van der Waals surface area (Å²) in [5, 5.41) is 7.89. The zero-order valence-corrected chi connectivity index (χ0v) is 21.9. The molecule has 1 aromatic heterocycles. The third-order valence-corrected chi connectivity index (χ3v) is 7.99. The summed E-state index contributed by atoms with van der Waals surface area (Å²) >= 11 is 12.2. The molecular weight excluding hydrogens is 523 g/mol. The lowest BCUT2D eigenvalue weighted by Crippen LogP contribution is -2.32. The third-order valence-electron chi connectivity index (χ3n) is 5.95. The van der Waals surface area contributed by atoms with E-state index >= 15 is 0 Å². The van der Waals surface area contributed by atoms with Crippen LogP contribution < -0.4 is 20.1 Å². The minimum atomic E-state index is -3.65. The van der Waals surface area contributed by atoms with Crippen molar-refractivity contribution >= 4 is 55.7 Å². The molecule has 36 heavy (non-hydrogen) atoms. The average molecular weight is 551 g/mol. The molecule has 0 bridgehead atoms. The molecule has 0 atom stereocenters. The van der Waals surface area contributed by atoms with E-state index in [1.54, 1.807) is 6.20 Å². The highest BCUT2D eigenvalue weighted by Crippen LogP contribution is 2.28. The Morgan fingerprint density at radius 2 is 1.86 bits per heavy atom. The van der Waals surface area contributed by atoms with Crippen molar-refractivity contribution in [3.05, 3.63) is 58.7 Å². The van der Waals surface area contributed by atoms with E-state index in [0.717, 1.165) is 42.3 Å². The molecule has 11 heteroatoms. The van der Waals surface area contributed by atoms with Gasteiger partial charge < -0.3 is 15.4 Å². The fourth-order valence-electron chi connectivity index (χ4n) is 4.11. The lowest BCUT2D eigenvalue weighted by Gasteiger charge is -2.14. The Morgan fingerprint density at radius 3 is 2.64 bits per heavy atom. The van der Waals surface area contributed by atoms with E-state index in [1.807, 2.05) is 24.3 Å². The second kappa shape index (κ2) is 12.1. The van der Waals surface area contributed by atoms with Crippen molar-refractivity contribution < 1.29 is 17.9 Å². The Balaban J connectivity index is 1.19. The summed E-state index contributed by atoms with van der Waals surface area (Å²) in [6.07, 6.45) is 6.16. The Kier molecular flexibility index (Phi) is 8.90. The van der Waals surface area contributed by atoms with Crippen molar-refractivity contribution in [2.45, 2.75) is 43.0 Å². The predicted molar refractivity (Wildman–Crippen MR) is 142 cm³/mol. The number of aromatic nitrogens is 1. The first-order valence-corrected chi connectivity index (χ1v) is 14.1. The normalized spacial score (nSPS) is 14.2. The van der Waals surface area contributed by atoms with Crippen molar-refractivity contribution in [2.24, 2.45) is 0 Å². The fourth-order valence-corrected chi connectivity index (χ4v) is 5.90. The van der Waals surface area contributed by atoms with Crippen LogP contribution in [0.2, 0.25) is 10.0 Å². The summed E-state index contributed by atoms with van der Waals surface area (Å²) in [6.45, 7) is 0.886. The van der Waals surface area contributed by atoms with Crippen molar-refractivity contribution in [3.63, 3.8) is 0 Å². The topological polar surface area (TPSA) is 109 Å². The molecule has 1 aliphatic rings. The van der Waals surface area contributed by atoms with Crippen LogP contribution in [0.3, 0.4) is 0 Å². The lowest BCUT2D eigenvalue weighted by atomic mass is 10.2. The van der Waals surface area contributed by atoms with Gasteiger partial charge in [-0.2, -0.15) is 0 Å². The van der Waals surface area contributed by atoms with Gasteiger partial charge in [0.15, 0.2) is 6.61 Å². The molecule has 0 unspecified atom stereocenters. The summed E-state index contributed by atoms with van der Waals surface area (Å²) in [6, 6.07) is 11.7. The molecule has 0 aliphatic heterocycles. The van der Waals surface area contributed by atoms with Gasteiger partial charge in [0.25, 0.3) is 5.91 Å². The highest BCUT2D eigenvalue weighted by Gasteiger charge is 2.23. The molecular formula is C25H28Cl2N4O4S. The molecule has 0 spiro atoms. The number of fused-ring (bicyclic) bond motifs is 1. The van der Waals surface area contributed by atoms with Crippen LogP contribution >= 0.6 is 23.2 Å². The summed E-state index contributed by atoms with van der Waals surface area (Å²) < 4.78 is 33.3. The molecule has 3 aromatic rings. The van der Waals surface area contributed by atoms with Gasteiger partial charge >= 0.3 is 0 Å². The Hall–Kier alpha value is -2.59. The Bertz CT molecular complexity index is 1330. The van der Waals surface area contributed by atoms with Gasteiger partial charge in [-0.1, -0.05) is 36.0 Å². The number of benzene rings is 2. The zero-order valence-electron chi connectivity index (χ0n) is 19.6. The van der Waals surface area contributed by atoms with Crippen molar-refractivity contribution in [1.29, 1.82) is 0 Å². The van der Waals surface area contributed by atoms with Crippen LogP contribution in [0.25, 0.3) is 10.9 Å². The summed E-state index contributed by atoms with van der Waals surface area (Å²) in [7, 11) is -3.65. The van der Waals surface area contributed by atoms with Crippen LogP contribution in [0.1, 0.15) is 32.1 Å². The van der Waals surface area contributed by atoms with E-state index in [-0.39, 0.29) is 34.2 Å². The number of nitrogens with zero attached hydrogens (tertiary/aromatic N) is 1. The van der Waals surface area contributed by atoms with Gasteiger partial charge in [0.1, 0.15) is 5.75 Å². The van der Waals surface area contributed by atoms with Crippen molar-refractivity contribution in [3.8, 4) is 5.75 Å². The SMILES string of the molecule is O=C(COc1ccc(S(=O)(=O)NC2CCCC2)cc1Cl)NCCCNc1ccnc2cc(Cl)ccc12. The molecule has 3 N–H and O–H groups in total. The maximum absolute atomic E-state index is 12.6. The molecule has 192 valence electrons. The van der Waals surface area contributed by atoms with Gasteiger partial charge in [-0.05, 0) is 61.7 Å². The number of carbonyl (C=O) groups excluding carboxylic acids is 1. The molecule has 1 heterocycles. The molecule has 0 saturated heterocycles. The quantitative estimate of drug-likeness (QED) is 0.297. The van der Waals surface area contributed by atoms with E-state index in [2.05, 4.69) is 20.3 Å². The number of nitrogens with one attached hydrogen (secondary N) is 3. The third kappa shape index (κ3) is 7.00. The van der Waals surface area contributed by atoms with Gasteiger partial charge in [-0.15, -0.1) is 0 Å². The van der Waals surface area contributed by atoms with E-state index < -0.39 is 10.0 Å². The zero-order chi connectivity index (χ0) is 25.5. The molecule has 1 aliphatic carbocycles. The first kappa shape index (κ1) is 26.5. The van der Waals surface area contributed by atoms with Gasteiger partial charge in [-0.25, -0.2) is 13.1 Å². The van der Waals surface area contributed by atoms with Gasteiger partial charge in [0.2, 0.25) is 10.0 Å². The van der Waals surface area contributed by atoms with Crippen LogP contribution in [0.15, 0.2) is 53.6 Å². The first-order chi connectivity index (χ1) is 17.3. The number of carbonyl (C=O) groups is 1. The second-order valence-corrected chi connectivity index (χ2v) is 11.2. The maximum Gasteiger partial charge on any atom is 0.257 e. The van der Waals surface area contributed by atoms with Gasteiger partial charge in [0, 0.05) is 41.4 Å². The number of anilines is 1. The number of hydrogen-bond donors (Lipinski definition) is 3. The summed E-state index contributed by atoms with van der Waals surface area (Å²) in [5.41, 5.74) is 1.76. The Morgan fingerprint density at radius 1 is 1.06 bits per heavy atom. The number of halogens is 2. The predicted octanol–water partition coefficient (Wildman–Crippen LogP) is 4.76. The molecule has 8 nitrogen and oxygen atoms in total. The number of sulfonamides is 1. The molecule has 4 rings (SSSR count). The van der Waals surface area contributed by atoms with Crippen LogP contribution in [0, 0.1) is 0 Å². The minimum Gasteiger partial charge on any atom is -0.482 e. The van der Waals surface area contributed by atoms with E-state index in [9.17, 15) is 13.2 Å². The van der Waals surface area contributed by atoms with Crippen LogP contribution in [0.5, 0.6) is 5.75 Å². The number of ether oxygens (including phenoxy) is 1. The first-order valence-electron chi connectivity index (χ1n) is 11.8. The van der Waals surface area contributed by atoms with Crippen molar-refractivity contribution in [1.82, 2.24) is 15.0 Å². The minimum absolute atomic E-state index is 0.0354. The molecule has 1 amide bonds. The fraction of sp³-hybridized carbons (Fsp3) is 0.360. The number of rotatable bonds is 11. The second-order valence-electron chi connectivity index (χ2n) is 8.63. The average Bonchev–Trinajstić information content (AvgIpc) is 3.35. The summed E-state index contributed by atoms with van der Waals surface area (Å²) in [5.74, 6) is -0.0485. The van der Waals surface area contributed by atoms with E-state index in [0.29, 0.717) is 24.5 Å². The van der Waals surface area contributed by atoms with E-state index in [1.165, 1.54) is 18.2 Å². The lowest BCUT2D eigenvalue weighted by molar-refractivity contribution is -0.123. The number of pyridine rings is 1. The van der Waals surface area contributed by atoms with Crippen LogP contribution in [-0.2, 0) is 14.8 Å². The monoisotopic (exact) mass is 550 g/mol. The molecule has 0 radical (unpaired) electrons. The van der Waals surface area contributed by atoms with E-state index in [4.69, 9.17) is 27.9 Å². The molecule has 1 saturated carbocycles. The van der Waals surface area contributed by atoms with Gasteiger partial charge in [0.05, 0.1) is 15.4 Å². The molecule has 2 aromatic carbocycles. The van der Waals surface area contributed by atoms with Crippen LogP contribution in [0.4, 0.5) is 5.69 Å². The van der Waals surface area contributed by atoms with Gasteiger partial charge in [-0.3, -0.25) is 9.78 Å². The highest BCUT2D eigenvalue weighted by atomic mass is 35.5. The largest absolute Gasteiger partial charge is 0.482 e. The maximum atomic E-state index is 12.6. The smallest absolute Gasteiger partial charge is 0.257 e. The number of hydrogen-bond acceptors (Lipinski definition) is 6. The van der Waals surface area contributed by atoms with Crippen LogP contribution in [-0.4, -0.2) is 45.0 Å².